The molecular weight excluding hydrogens is 228 g/mol. The van der Waals surface area contributed by atoms with Gasteiger partial charge in [0.15, 0.2) is 5.17 Å². The molecule has 1 aliphatic heterocycles. The van der Waals surface area contributed by atoms with Gasteiger partial charge in [0.05, 0.1) is 6.04 Å². The van der Waals surface area contributed by atoms with Crippen molar-refractivity contribution in [1.82, 2.24) is 5.32 Å². The number of thioether (sulfide) groups is 1. The van der Waals surface area contributed by atoms with Gasteiger partial charge in [0.2, 0.25) is 0 Å². The smallest absolute Gasteiger partial charge is 0.157 e. The second-order valence-electron chi connectivity index (χ2n) is 6.00. The summed E-state index contributed by atoms with van der Waals surface area (Å²) in [5, 5.41) is 4.90. The van der Waals surface area contributed by atoms with E-state index in [-0.39, 0.29) is 0 Å². The number of amidine groups is 1. The number of hydrogen-bond acceptors (Lipinski definition) is 3. The van der Waals surface area contributed by atoms with Gasteiger partial charge in [-0.05, 0) is 31.1 Å². The van der Waals surface area contributed by atoms with Gasteiger partial charge in [-0.3, -0.25) is 4.99 Å². The fourth-order valence-electron chi connectivity index (χ4n) is 2.83. The number of nitrogens with zero attached hydrogens (tertiary/aromatic N) is 1. The summed E-state index contributed by atoms with van der Waals surface area (Å²) in [6.45, 7) is 6.94. The molecule has 0 radical (unpaired) electrons. The molecule has 0 aromatic rings. The predicted octanol–water partition coefficient (Wildman–Crippen LogP) is 3.67. The molecule has 98 valence electrons. The lowest BCUT2D eigenvalue weighted by Crippen LogP contribution is -2.39. The van der Waals surface area contributed by atoms with E-state index < -0.39 is 0 Å². The van der Waals surface area contributed by atoms with E-state index in [1.165, 1.54) is 43.0 Å². The van der Waals surface area contributed by atoms with Crippen molar-refractivity contribution in [2.24, 2.45) is 16.8 Å². The summed E-state index contributed by atoms with van der Waals surface area (Å²) in [4.78, 5) is 4.87. The zero-order valence-electron chi connectivity index (χ0n) is 11.4. The van der Waals surface area contributed by atoms with Crippen molar-refractivity contribution >= 4 is 16.9 Å². The van der Waals surface area contributed by atoms with E-state index >= 15 is 0 Å². The number of nitrogens with one attached hydrogen (secondary N) is 1. The topological polar surface area (TPSA) is 24.4 Å². The Morgan fingerprint density at radius 3 is 2.82 bits per heavy atom. The number of rotatable bonds is 2. The van der Waals surface area contributed by atoms with Crippen molar-refractivity contribution in [3.05, 3.63) is 0 Å². The van der Waals surface area contributed by atoms with Crippen LogP contribution >= 0.6 is 11.8 Å². The quantitative estimate of drug-likeness (QED) is 0.813. The average molecular weight is 254 g/mol. The maximum absolute atomic E-state index is 4.87. The molecule has 1 aliphatic carbocycles. The fraction of sp³-hybridized carbons (Fsp3) is 0.929. The molecule has 1 saturated carbocycles. The van der Waals surface area contributed by atoms with Crippen LogP contribution in [-0.4, -0.2) is 23.0 Å². The van der Waals surface area contributed by atoms with Crippen molar-refractivity contribution < 1.29 is 0 Å². The summed E-state index contributed by atoms with van der Waals surface area (Å²) >= 11 is 1.92. The van der Waals surface area contributed by atoms with E-state index in [1.807, 2.05) is 11.8 Å². The van der Waals surface area contributed by atoms with Crippen LogP contribution in [0, 0.1) is 11.8 Å². The Kier molecular flexibility index (Phi) is 4.78. The normalized spacial score (nSPS) is 34.6. The highest BCUT2D eigenvalue weighted by Gasteiger charge is 2.23. The van der Waals surface area contributed by atoms with Crippen LogP contribution in [0.15, 0.2) is 4.99 Å². The van der Waals surface area contributed by atoms with E-state index in [0.29, 0.717) is 18.0 Å². The molecule has 2 nitrogen and oxygen atoms in total. The van der Waals surface area contributed by atoms with Crippen LogP contribution in [0.5, 0.6) is 0 Å². The van der Waals surface area contributed by atoms with Crippen LogP contribution in [-0.2, 0) is 0 Å². The van der Waals surface area contributed by atoms with Gasteiger partial charge >= 0.3 is 0 Å². The third-order valence-electron chi connectivity index (χ3n) is 3.97. The first-order chi connectivity index (χ1) is 8.15. The lowest BCUT2D eigenvalue weighted by Gasteiger charge is -2.31. The van der Waals surface area contributed by atoms with Gasteiger partial charge in [0.25, 0.3) is 0 Å². The Hall–Kier alpha value is -0.180. The van der Waals surface area contributed by atoms with E-state index in [0.717, 1.165) is 5.92 Å². The molecule has 0 spiro atoms. The second kappa shape index (κ2) is 6.12. The third-order valence-corrected chi connectivity index (χ3v) is 4.91. The van der Waals surface area contributed by atoms with Gasteiger partial charge < -0.3 is 5.32 Å². The Morgan fingerprint density at radius 1 is 1.29 bits per heavy atom. The molecule has 3 heteroatoms. The first kappa shape index (κ1) is 13.3. The maximum Gasteiger partial charge on any atom is 0.157 e. The van der Waals surface area contributed by atoms with Crippen LogP contribution in [0.2, 0.25) is 0 Å². The van der Waals surface area contributed by atoms with Gasteiger partial charge in [-0.15, -0.1) is 0 Å². The SMILES string of the molecule is CC1CCCC(NC2=NC(C(C)C)CCS2)C1. The molecule has 1 heterocycles. The van der Waals surface area contributed by atoms with Crippen molar-refractivity contribution in [3.63, 3.8) is 0 Å². The second-order valence-corrected chi connectivity index (χ2v) is 7.08. The van der Waals surface area contributed by atoms with E-state index in [1.54, 1.807) is 0 Å². The van der Waals surface area contributed by atoms with Crippen molar-refractivity contribution in [3.8, 4) is 0 Å². The molecule has 0 aromatic carbocycles. The summed E-state index contributed by atoms with van der Waals surface area (Å²) in [6.07, 6.45) is 6.69. The molecule has 0 aromatic heterocycles. The minimum absolute atomic E-state index is 0.541. The molecule has 3 atom stereocenters. The average Bonchev–Trinajstić information content (AvgIpc) is 2.29. The van der Waals surface area contributed by atoms with Crippen LogP contribution in [0.3, 0.4) is 0 Å². The summed E-state index contributed by atoms with van der Waals surface area (Å²) in [5.41, 5.74) is 0. The number of aliphatic imine (C=N–C) groups is 1. The Bertz CT molecular complexity index is 275. The number of hydrogen-bond donors (Lipinski definition) is 1. The molecule has 0 saturated heterocycles. The highest BCUT2D eigenvalue weighted by atomic mass is 32.2. The predicted molar refractivity (Wildman–Crippen MR) is 77.7 cm³/mol. The molecule has 1 fully saturated rings. The lowest BCUT2D eigenvalue weighted by molar-refractivity contribution is 0.326. The fourth-order valence-corrected chi connectivity index (χ4v) is 3.84. The van der Waals surface area contributed by atoms with Gasteiger partial charge in [0, 0.05) is 11.8 Å². The molecule has 3 unspecified atom stereocenters. The minimum Gasteiger partial charge on any atom is -0.362 e. The molecular formula is C14H26N2S. The standard InChI is InChI=1S/C14H26N2S/c1-10(2)13-7-8-17-14(16-13)15-12-6-4-5-11(3)9-12/h10-13H,4-9H2,1-3H3,(H,15,16). The summed E-state index contributed by atoms with van der Waals surface area (Å²) in [6, 6.07) is 1.22. The minimum atomic E-state index is 0.541. The maximum atomic E-state index is 4.87. The Balaban J connectivity index is 1.89. The first-order valence-corrected chi connectivity index (χ1v) is 8.11. The van der Waals surface area contributed by atoms with Crippen molar-refractivity contribution in [1.29, 1.82) is 0 Å². The van der Waals surface area contributed by atoms with Crippen molar-refractivity contribution in [2.45, 2.75) is 65.0 Å². The Morgan fingerprint density at radius 2 is 2.12 bits per heavy atom. The molecule has 0 bridgehead atoms. The Labute approximate surface area is 110 Å². The molecule has 1 N–H and O–H groups in total. The highest BCUT2D eigenvalue weighted by Crippen LogP contribution is 2.26. The summed E-state index contributed by atoms with van der Waals surface area (Å²) < 4.78 is 0. The van der Waals surface area contributed by atoms with Crippen LogP contribution in [0.25, 0.3) is 0 Å². The third kappa shape index (κ3) is 3.90. The monoisotopic (exact) mass is 254 g/mol. The summed E-state index contributed by atoms with van der Waals surface area (Å²) in [7, 11) is 0. The van der Waals surface area contributed by atoms with Gasteiger partial charge in [-0.1, -0.05) is 45.4 Å². The largest absolute Gasteiger partial charge is 0.362 e. The zero-order chi connectivity index (χ0) is 12.3. The molecule has 0 amide bonds. The summed E-state index contributed by atoms with van der Waals surface area (Å²) in [5.74, 6) is 2.80. The zero-order valence-corrected chi connectivity index (χ0v) is 12.2. The molecule has 2 rings (SSSR count). The molecule has 17 heavy (non-hydrogen) atoms. The van der Waals surface area contributed by atoms with Gasteiger partial charge in [-0.25, -0.2) is 0 Å². The molecule has 2 aliphatic rings. The van der Waals surface area contributed by atoms with E-state index in [4.69, 9.17) is 4.99 Å². The first-order valence-electron chi connectivity index (χ1n) is 7.12. The lowest BCUT2D eigenvalue weighted by atomic mass is 9.87. The van der Waals surface area contributed by atoms with Crippen LogP contribution < -0.4 is 5.32 Å². The van der Waals surface area contributed by atoms with Crippen LogP contribution in [0.4, 0.5) is 0 Å². The van der Waals surface area contributed by atoms with E-state index in [9.17, 15) is 0 Å². The van der Waals surface area contributed by atoms with E-state index in [2.05, 4.69) is 26.1 Å². The highest BCUT2D eigenvalue weighted by molar-refractivity contribution is 8.13. The van der Waals surface area contributed by atoms with Crippen molar-refractivity contribution in [2.75, 3.05) is 5.75 Å². The van der Waals surface area contributed by atoms with Gasteiger partial charge in [0.1, 0.15) is 0 Å². The van der Waals surface area contributed by atoms with Gasteiger partial charge in [-0.2, -0.15) is 0 Å². The van der Waals surface area contributed by atoms with Crippen LogP contribution in [0.1, 0.15) is 52.9 Å².